The topological polar surface area (TPSA) is 85.4 Å². The van der Waals surface area contributed by atoms with Crippen LogP contribution >= 0.6 is 0 Å². The van der Waals surface area contributed by atoms with E-state index >= 15 is 0 Å². The van der Waals surface area contributed by atoms with Crippen molar-refractivity contribution in [2.24, 2.45) is 5.92 Å². The summed E-state index contributed by atoms with van der Waals surface area (Å²) in [6.45, 7) is 3.00. The van der Waals surface area contributed by atoms with Crippen LogP contribution < -0.4 is 9.47 Å². The van der Waals surface area contributed by atoms with Gasteiger partial charge in [0, 0.05) is 26.2 Å². The van der Waals surface area contributed by atoms with Crippen LogP contribution in [0.1, 0.15) is 25.3 Å². The molecule has 1 heterocycles. The number of hydrogen-bond acceptors (Lipinski definition) is 6. The minimum Gasteiger partial charge on any atom is -0.493 e. The molecule has 152 valence electrons. The van der Waals surface area contributed by atoms with E-state index in [1.165, 1.54) is 15.7 Å². The molecule has 1 fully saturated rings. The molecule has 0 bridgehead atoms. The summed E-state index contributed by atoms with van der Waals surface area (Å²) in [5.74, 6) is 0.645. The largest absolute Gasteiger partial charge is 0.493 e. The van der Waals surface area contributed by atoms with Gasteiger partial charge in [-0.25, -0.2) is 0 Å². The van der Waals surface area contributed by atoms with E-state index in [9.17, 15) is 13.2 Å². The zero-order valence-corrected chi connectivity index (χ0v) is 17.1. The predicted molar refractivity (Wildman–Crippen MR) is 101 cm³/mol. The van der Waals surface area contributed by atoms with Crippen LogP contribution in [0.3, 0.4) is 0 Å². The second-order valence-electron chi connectivity index (χ2n) is 6.32. The van der Waals surface area contributed by atoms with Gasteiger partial charge in [-0.2, -0.15) is 17.0 Å². The van der Waals surface area contributed by atoms with Crippen molar-refractivity contribution in [2.45, 2.75) is 26.3 Å². The number of hydrogen-bond donors (Lipinski definition) is 0. The van der Waals surface area contributed by atoms with Crippen molar-refractivity contribution < 1.29 is 27.4 Å². The average molecular weight is 400 g/mol. The Morgan fingerprint density at radius 2 is 1.78 bits per heavy atom. The number of carbonyl (C=O) groups excluding carboxylic acids is 1. The lowest BCUT2D eigenvalue weighted by Gasteiger charge is -2.33. The summed E-state index contributed by atoms with van der Waals surface area (Å²) in [5, 5.41) is 0. The lowest BCUT2D eigenvalue weighted by Crippen LogP contribution is -2.47. The van der Waals surface area contributed by atoms with E-state index in [2.05, 4.69) is 0 Å². The quantitative estimate of drug-likeness (QED) is 0.617. The van der Waals surface area contributed by atoms with Crippen molar-refractivity contribution in [3.63, 3.8) is 0 Å². The molecule has 1 saturated heterocycles. The molecule has 0 amide bonds. The van der Waals surface area contributed by atoms with E-state index in [1.807, 2.05) is 6.07 Å². The van der Waals surface area contributed by atoms with Crippen molar-refractivity contribution in [1.29, 1.82) is 0 Å². The fourth-order valence-electron chi connectivity index (χ4n) is 3.19. The molecule has 0 N–H and O–H groups in total. The van der Waals surface area contributed by atoms with Gasteiger partial charge in [0.05, 0.1) is 27.2 Å². The summed E-state index contributed by atoms with van der Waals surface area (Å²) >= 11 is 0. The summed E-state index contributed by atoms with van der Waals surface area (Å²) in [5.41, 5.74) is 0.808. The van der Waals surface area contributed by atoms with Gasteiger partial charge in [-0.05, 0) is 30.5 Å². The third-order valence-corrected chi connectivity index (χ3v) is 6.86. The highest BCUT2D eigenvalue weighted by Gasteiger charge is 2.34. The molecule has 27 heavy (non-hydrogen) atoms. The standard InChI is InChI=1S/C18H28N2O6S/c1-5-19(13-14-6-7-16(24-2)17(12-14)25-3)27(22,23)20-10-8-15(9-11-20)18(21)26-4/h6-7,12,15H,5,8-11,13H2,1-4H3. The monoisotopic (exact) mass is 400 g/mol. The van der Waals surface area contributed by atoms with Crippen molar-refractivity contribution in [3.8, 4) is 11.5 Å². The minimum absolute atomic E-state index is 0.232. The van der Waals surface area contributed by atoms with Gasteiger partial charge < -0.3 is 14.2 Å². The van der Waals surface area contributed by atoms with Crippen LogP contribution in [0, 0.1) is 5.92 Å². The third kappa shape index (κ3) is 4.91. The Balaban J connectivity index is 2.11. The molecule has 1 aliphatic rings. The first-order valence-electron chi connectivity index (χ1n) is 8.91. The van der Waals surface area contributed by atoms with Crippen LogP contribution in [-0.2, 0) is 26.3 Å². The van der Waals surface area contributed by atoms with Gasteiger partial charge in [0.2, 0.25) is 0 Å². The number of methoxy groups -OCH3 is 3. The smallest absolute Gasteiger partial charge is 0.308 e. The average Bonchev–Trinajstić information content (AvgIpc) is 2.70. The molecular formula is C18H28N2O6S. The molecule has 0 spiro atoms. The molecule has 0 saturated carbocycles. The van der Waals surface area contributed by atoms with Gasteiger partial charge >= 0.3 is 5.97 Å². The molecule has 0 aromatic heterocycles. The Labute approximate surface area is 161 Å². The lowest BCUT2D eigenvalue weighted by atomic mass is 9.99. The van der Waals surface area contributed by atoms with Gasteiger partial charge in [-0.3, -0.25) is 4.79 Å². The van der Waals surface area contributed by atoms with E-state index in [0.29, 0.717) is 44.0 Å². The maximum absolute atomic E-state index is 13.0. The first-order valence-corrected chi connectivity index (χ1v) is 10.3. The Kier molecular flexibility index (Phi) is 7.46. The number of nitrogens with zero attached hydrogens (tertiary/aromatic N) is 2. The normalized spacial score (nSPS) is 16.3. The van der Waals surface area contributed by atoms with Crippen LogP contribution in [0.5, 0.6) is 11.5 Å². The van der Waals surface area contributed by atoms with Crippen LogP contribution in [0.15, 0.2) is 18.2 Å². The molecule has 0 radical (unpaired) electrons. The maximum Gasteiger partial charge on any atom is 0.308 e. The zero-order valence-electron chi connectivity index (χ0n) is 16.3. The zero-order chi connectivity index (χ0) is 20.0. The van der Waals surface area contributed by atoms with E-state index in [0.717, 1.165) is 5.56 Å². The van der Waals surface area contributed by atoms with E-state index in [1.54, 1.807) is 33.3 Å². The van der Waals surface area contributed by atoms with Crippen molar-refractivity contribution >= 4 is 16.2 Å². The van der Waals surface area contributed by atoms with Gasteiger partial charge in [-0.1, -0.05) is 13.0 Å². The highest BCUT2D eigenvalue weighted by atomic mass is 32.2. The fourth-order valence-corrected chi connectivity index (χ4v) is 4.83. The van der Waals surface area contributed by atoms with Crippen LogP contribution in [0.4, 0.5) is 0 Å². The Bertz CT molecular complexity index is 744. The number of piperidine rings is 1. The number of ether oxygens (including phenoxy) is 3. The Morgan fingerprint density at radius 3 is 2.30 bits per heavy atom. The SMILES string of the molecule is CCN(Cc1ccc(OC)c(OC)c1)S(=O)(=O)N1CCC(C(=O)OC)CC1. The maximum atomic E-state index is 13.0. The Hall–Kier alpha value is -1.84. The van der Waals surface area contributed by atoms with Crippen molar-refractivity contribution in [2.75, 3.05) is 41.0 Å². The summed E-state index contributed by atoms with van der Waals surface area (Å²) in [6, 6.07) is 5.36. The molecule has 9 heteroatoms. The van der Waals surface area contributed by atoms with E-state index < -0.39 is 10.2 Å². The number of rotatable bonds is 8. The number of esters is 1. The van der Waals surface area contributed by atoms with Gasteiger partial charge in [0.15, 0.2) is 11.5 Å². The van der Waals surface area contributed by atoms with E-state index in [-0.39, 0.29) is 18.4 Å². The van der Waals surface area contributed by atoms with Crippen molar-refractivity contribution in [1.82, 2.24) is 8.61 Å². The van der Waals surface area contributed by atoms with Gasteiger partial charge in [0.1, 0.15) is 0 Å². The number of benzene rings is 1. The van der Waals surface area contributed by atoms with Crippen LogP contribution in [-0.4, -0.2) is 64.0 Å². The molecule has 1 aliphatic heterocycles. The molecule has 8 nitrogen and oxygen atoms in total. The van der Waals surface area contributed by atoms with Gasteiger partial charge in [-0.15, -0.1) is 0 Å². The molecule has 2 rings (SSSR count). The summed E-state index contributed by atoms with van der Waals surface area (Å²) in [7, 11) is 0.830. The molecule has 1 aromatic carbocycles. The predicted octanol–water partition coefficient (Wildman–Crippen LogP) is 1.66. The fraction of sp³-hybridized carbons (Fsp3) is 0.611. The second-order valence-corrected chi connectivity index (χ2v) is 8.25. The summed E-state index contributed by atoms with van der Waals surface area (Å²) < 4.78 is 44.2. The third-order valence-electron chi connectivity index (χ3n) is 4.80. The lowest BCUT2D eigenvalue weighted by molar-refractivity contribution is -0.146. The minimum atomic E-state index is -3.62. The molecule has 0 unspecified atom stereocenters. The van der Waals surface area contributed by atoms with Crippen LogP contribution in [0.2, 0.25) is 0 Å². The highest BCUT2D eigenvalue weighted by molar-refractivity contribution is 7.86. The summed E-state index contributed by atoms with van der Waals surface area (Å²) in [6.07, 6.45) is 0.944. The second kappa shape index (κ2) is 9.38. The molecule has 0 atom stereocenters. The van der Waals surface area contributed by atoms with Gasteiger partial charge in [0.25, 0.3) is 10.2 Å². The molecule has 1 aromatic rings. The Morgan fingerprint density at radius 1 is 1.15 bits per heavy atom. The van der Waals surface area contributed by atoms with Crippen molar-refractivity contribution in [3.05, 3.63) is 23.8 Å². The van der Waals surface area contributed by atoms with E-state index in [4.69, 9.17) is 14.2 Å². The molecular weight excluding hydrogens is 372 g/mol. The first-order chi connectivity index (χ1) is 12.9. The molecule has 0 aliphatic carbocycles. The number of carbonyl (C=O) groups is 1. The summed E-state index contributed by atoms with van der Waals surface area (Å²) in [4.78, 5) is 11.6. The first kappa shape index (κ1) is 21.5. The highest BCUT2D eigenvalue weighted by Crippen LogP contribution is 2.29. The van der Waals surface area contributed by atoms with Crippen LogP contribution in [0.25, 0.3) is 0 Å².